The summed E-state index contributed by atoms with van der Waals surface area (Å²) in [4.78, 5) is 10.4. The highest BCUT2D eigenvalue weighted by Crippen LogP contribution is 2.16. The summed E-state index contributed by atoms with van der Waals surface area (Å²) in [6.07, 6.45) is 2.76. The van der Waals surface area contributed by atoms with Crippen molar-refractivity contribution in [3.8, 4) is 0 Å². The second-order valence-electron chi connectivity index (χ2n) is 9.50. The van der Waals surface area contributed by atoms with Crippen LogP contribution >= 0.6 is 0 Å². The zero-order valence-electron chi connectivity index (χ0n) is 23.3. The van der Waals surface area contributed by atoms with Crippen LogP contribution < -0.4 is 0 Å². The first-order chi connectivity index (χ1) is 18.4. The van der Waals surface area contributed by atoms with Crippen LogP contribution in [0.4, 0.5) is 0 Å². The fourth-order valence-corrected chi connectivity index (χ4v) is 5.86. The Labute approximate surface area is 236 Å². The first kappa shape index (κ1) is 38.3. The van der Waals surface area contributed by atoms with E-state index in [0.29, 0.717) is 89.6 Å². The summed E-state index contributed by atoms with van der Waals surface area (Å²) >= 11 is 0. The van der Waals surface area contributed by atoms with E-state index in [4.69, 9.17) is 28.6 Å². The number of hydrogen-bond acceptors (Lipinski definition) is 10. The number of ether oxygens (including phenoxy) is 4. The van der Waals surface area contributed by atoms with Crippen molar-refractivity contribution < 1.29 is 59.3 Å². The minimum absolute atomic E-state index is 0.0385. The van der Waals surface area contributed by atoms with Crippen molar-refractivity contribution in [2.75, 3.05) is 90.5 Å². The maximum atomic E-state index is 11.1. The predicted octanol–water partition coefficient (Wildman–Crippen LogP) is 0.363. The lowest BCUT2D eigenvalue weighted by atomic mass is 10.2. The molecule has 0 amide bonds. The Morgan fingerprint density at radius 1 is 0.718 bits per heavy atom. The van der Waals surface area contributed by atoms with Crippen LogP contribution in [0.3, 0.4) is 0 Å². The van der Waals surface area contributed by atoms with Gasteiger partial charge in [-0.05, 0) is 32.1 Å². The Morgan fingerprint density at radius 3 is 1.64 bits per heavy atom. The molecule has 0 aromatic carbocycles. The van der Waals surface area contributed by atoms with Gasteiger partial charge in [-0.1, -0.05) is 12.6 Å². The molecule has 13 nitrogen and oxygen atoms in total. The molecular formula is C23H49NO12S2Si. The van der Waals surface area contributed by atoms with Gasteiger partial charge in [0.25, 0.3) is 10.1 Å². The number of unbranched alkanes of at least 4 members (excludes halogenated alkanes) is 2. The molecule has 16 heteroatoms. The molecule has 39 heavy (non-hydrogen) atoms. The molecule has 0 radical (unpaired) electrons. The second-order valence-corrected chi connectivity index (χ2v) is 14.3. The van der Waals surface area contributed by atoms with E-state index in [1.165, 1.54) is 6.04 Å². The third kappa shape index (κ3) is 27.3. The van der Waals surface area contributed by atoms with Gasteiger partial charge < -0.3 is 33.1 Å². The molecule has 1 atom stereocenters. The molecule has 0 aromatic heterocycles. The molecule has 0 aliphatic carbocycles. The van der Waals surface area contributed by atoms with Gasteiger partial charge in [0.1, 0.15) is 6.54 Å². The van der Waals surface area contributed by atoms with E-state index in [2.05, 4.69) is 6.55 Å². The highest BCUT2D eigenvalue weighted by molar-refractivity contribution is 7.85. The number of carbonyl (C=O) groups is 1. The standard InChI is InChI=1S/C23H49NO12S2Si/c1-39-22-6-10-24(8-2-4-20-37(27,28)29,9-3-5-21-38(30,31)32)11-13-34-15-17-36-19-18-35-16-14-33-12-7-23(25)26/h2-22,39H2,1H3,(H2-,25,26,27,28,29,30,31,32). The topological polar surface area (TPSA) is 186 Å². The fraction of sp³-hybridized carbons (Fsp3) is 0.957. The van der Waals surface area contributed by atoms with Crippen molar-refractivity contribution in [3.63, 3.8) is 0 Å². The minimum Gasteiger partial charge on any atom is -0.748 e. The highest BCUT2D eigenvalue weighted by Gasteiger charge is 2.26. The molecule has 0 rings (SSSR count). The van der Waals surface area contributed by atoms with E-state index < -0.39 is 32.0 Å². The molecule has 0 saturated carbocycles. The molecule has 2 N–H and O–H groups in total. The summed E-state index contributed by atoms with van der Waals surface area (Å²) in [7, 11) is -8.40. The van der Waals surface area contributed by atoms with Gasteiger partial charge in [-0.2, -0.15) is 8.42 Å². The van der Waals surface area contributed by atoms with Crippen molar-refractivity contribution in [2.45, 2.75) is 51.1 Å². The second kappa shape index (κ2) is 22.9. The Hall–Kier alpha value is -0.693. The van der Waals surface area contributed by atoms with E-state index in [-0.39, 0.29) is 34.7 Å². The first-order valence-electron chi connectivity index (χ1n) is 13.7. The molecule has 0 aliphatic rings. The van der Waals surface area contributed by atoms with Crippen molar-refractivity contribution in [2.24, 2.45) is 0 Å². The third-order valence-corrected chi connectivity index (χ3v) is 8.88. The van der Waals surface area contributed by atoms with Crippen LogP contribution in [0.1, 0.15) is 38.5 Å². The zero-order valence-corrected chi connectivity index (χ0v) is 26.3. The number of aliphatic carboxylic acids is 1. The number of quaternary nitrogens is 1. The Morgan fingerprint density at radius 2 is 1.18 bits per heavy atom. The van der Waals surface area contributed by atoms with Gasteiger partial charge in [-0.15, -0.1) is 0 Å². The van der Waals surface area contributed by atoms with Gasteiger partial charge in [0.15, 0.2) is 0 Å². The summed E-state index contributed by atoms with van der Waals surface area (Å²) in [5, 5.41) is 8.52. The van der Waals surface area contributed by atoms with E-state index in [1.54, 1.807) is 0 Å². The highest BCUT2D eigenvalue weighted by atomic mass is 32.2. The van der Waals surface area contributed by atoms with Crippen LogP contribution in [0, 0.1) is 0 Å². The molecule has 0 fully saturated rings. The van der Waals surface area contributed by atoms with Crippen molar-refractivity contribution >= 4 is 35.7 Å². The van der Waals surface area contributed by atoms with Gasteiger partial charge in [-0.25, -0.2) is 8.42 Å². The van der Waals surface area contributed by atoms with E-state index >= 15 is 0 Å². The molecule has 0 heterocycles. The monoisotopic (exact) mass is 623 g/mol. The molecule has 0 saturated heterocycles. The van der Waals surface area contributed by atoms with Gasteiger partial charge in [-0.3, -0.25) is 9.35 Å². The molecule has 234 valence electrons. The quantitative estimate of drug-likeness (QED) is 0.0505. The number of rotatable bonds is 29. The summed E-state index contributed by atoms with van der Waals surface area (Å²) in [6.45, 7) is 7.95. The molecule has 1 unspecified atom stereocenters. The van der Waals surface area contributed by atoms with Gasteiger partial charge in [0.05, 0.1) is 94.8 Å². The van der Waals surface area contributed by atoms with Crippen LogP contribution in [-0.4, -0.2) is 142 Å². The third-order valence-electron chi connectivity index (χ3n) is 6.08. The van der Waals surface area contributed by atoms with Crippen LogP contribution in [0.2, 0.25) is 12.6 Å². The smallest absolute Gasteiger partial charge is 0.305 e. The molecule has 0 spiro atoms. The normalized spacial score (nSPS) is 14.2. The van der Waals surface area contributed by atoms with Gasteiger partial charge in [0.2, 0.25) is 0 Å². The molecule has 0 aromatic rings. The summed E-state index contributed by atoms with van der Waals surface area (Å²) in [5.74, 6) is -1.59. The van der Waals surface area contributed by atoms with E-state index in [1.807, 2.05) is 0 Å². The lowest BCUT2D eigenvalue weighted by Crippen LogP contribution is -2.52. The number of hydrogen-bond donors (Lipinski definition) is 2. The Balaban J connectivity index is 4.50. The summed E-state index contributed by atoms with van der Waals surface area (Å²) in [5.41, 5.74) is 0. The van der Waals surface area contributed by atoms with Crippen LogP contribution in [0.5, 0.6) is 0 Å². The fourth-order valence-electron chi connectivity index (χ4n) is 4.01. The number of carboxylic acid groups (broad SMARTS) is 1. The zero-order chi connectivity index (χ0) is 29.5. The van der Waals surface area contributed by atoms with Crippen LogP contribution in [0.25, 0.3) is 0 Å². The predicted molar refractivity (Wildman–Crippen MR) is 149 cm³/mol. The van der Waals surface area contributed by atoms with Crippen molar-refractivity contribution in [1.29, 1.82) is 0 Å². The summed E-state index contributed by atoms with van der Waals surface area (Å²) < 4.78 is 86.7. The lowest BCUT2D eigenvalue weighted by Gasteiger charge is -2.39. The van der Waals surface area contributed by atoms with E-state index in [9.17, 15) is 26.2 Å². The number of carboxylic acids is 1. The number of nitrogens with zero attached hydrogens (tertiary/aromatic N) is 1. The van der Waals surface area contributed by atoms with Crippen molar-refractivity contribution in [1.82, 2.24) is 0 Å². The SMILES string of the molecule is C[SiH2]CCC[N+](CCCCS(=O)(=O)[O-])(CCCCS(=O)(=O)O)CCOCCOCCOCCOCCC(=O)O. The average Bonchev–Trinajstić information content (AvgIpc) is 2.83. The summed E-state index contributed by atoms with van der Waals surface area (Å²) in [6, 6.07) is 1.17. The van der Waals surface area contributed by atoms with Gasteiger partial charge >= 0.3 is 5.97 Å². The first-order valence-corrected chi connectivity index (χ1v) is 19.3. The Kier molecular flexibility index (Phi) is 22.5. The average molecular weight is 624 g/mol. The maximum Gasteiger partial charge on any atom is 0.305 e. The maximum absolute atomic E-state index is 11.1. The molecular weight excluding hydrogens is 574 g/mol. The molecule has 0 aliphatic heterocycles. The van der Waals surface area contributed by atoms with E-state index in [0.717, 1.165) is 13.0 Å². The Bertz CT molecular complexity index is 787. The van der Waals surface area contributed by atoms with Gasteiger partial charge in [0, 0.05) is 15.3 Å². The largest absolute Gasteiger partial charge is 0.748 e. The van der Waals surface area contributed by atoms with Crippen molar-refractivity contribution in [3.05, 3.63) is 0 Å². The van der Waals surface area contributed by atoms with Crippen LogP contribution in [0.15, 0.2) is 0 Å². The minimum atomic E-state index is -4.26. The lowest BCUT2D eigenvalue weighted by molar-refractivity contribution is -0.929. The van der Waals surface area contributed by atoms with Crippen LogP contribution in [-0.2, 0) is 44.0 Å². The molecule has 0 bridgehead atoms.